The Morgan fingerprint density at radius 1 is 1.50 bits per heavy atom. The van der Waals surface area contributed by atoms with Crippen LogP contribution in [0, 0.1) is 12.8 Å². The second-order valence-corrected chi connectivity index (χ2v) is 8.32. The summed E-state index contributed by atoms with van der Waals surface area (Å²) >= 11 is 1.64. The van der Waals surface area contributed by atoms with Crippen LogP contribution in [-0.2, 0) is 22.6 Å². The van der Waals surface area contributed by atoms with Crippen LogP contribution in [-0.4, -0.2) is 46.5 Å². The van der Waals surface area contributed by atoms with E-state index in [1.165, 1.54) is 0 Å². The van der Waals surface area contributed by atoms with Crippen molar-refractivity contribution >= 4 is 23.1 Å². The molecular weight excluding hydrogens is 348 g/mol. The van der Waals surface area contributed by atoms with E-state index in [9.17, 15) is 4.79 Å². The maximum atomic E-state index is 12.7. The van der Waals surface area contributed by atoms with E-state index in [-0.39, 0.29) is 11.4 Å². The molecule has 1 N–H and O–H groups in total. The normalized spacial score (nSPS) is 24.2. The number of carbonyl (C=O) groups excluding carboxylic acids is 1. The lowest BCUT2D eigenvalue weighted by molar-refractivity contribution is -0.129. The predicted octanol–water partition coefficient (Wildman–Crippen LogP) is 2.64. The molecule has 0 bridgehead atoms. The van der Waals surface area contributed by atoms with Crippen molar-refractivity contribution in [2.75, 3.05) is 25.5 Å². The van der Waals surface area contributed by atoms with Crippen molar-refractivity contribution in [3.8, 4) is 0 Å². The van der Waals surface area contributed by atoms with E-state index in [2.05, 4.69) is 15.3 Å². The summed E-state index contributed by atoms with van der Waals surface area (Å²) in [5.41, 5.74) is 0.876. The first-order valence-corrected chi connectivity index (χ1v) is 9.88. The highest BCUT2D eigenvalue weighted by atomic mass is 32.1. The van der Waals surface area contributed by atoms with Crippen molar-refractivity contribution in [3.63, 3.8) is 0 Å². The largest absolute Gasteiger partial charge is 0.377 e. The summed E-state index contributed by atoms with van der Waals surface area (Å²) in [6.45, 7) is 3.96. The van der Waals surface area contributed by atoms with E-state index in [0.29, 0.717) is 24.8 Å². The molecule has 2 aromatic heterocycles. The molecular formula is C19H24N4O2S. The fourth-order valence-electron chi connectivity index (χ4n) is 4.05. The molecule has 1 amide bonds. The molecule has 138 valence electrons. The number of carbonyl (C=O) groups is 1. The molecule has 2 aromatic rings. The molecule has 1 aliphatic heterocycles. The van der Waals surface area contributed by atoms with Crippen LogP contribution in [0.4, 0.5) is 5.82 Å². The SMILES string of the molecule is COCc1nc(C)cc(NC23CCC2CN(C(=O)Cc2cccs2)C3)n1. The summed E-state index contributed by atoms with van der Waals surface area (Å²) in [7, 11) is 1.65. The van der Waals surface area contributed by atoms with Crippen LogP contribution in [0.5, 0.6) is 0 Å². The summed E-state index contributed by atoms with van der Waals surface area (Å²) < 4.78 is 5.16. The molecule has 3 heterocycles. The van der Waals surface area contributed by atoms with Gasteiger partial charge in [0.05, 0.1) is 12.0 Å². The van der Waals surface area contributed by atoms with Gasteiger partial charge in [-0.1, -0.05) is 6.07 Å². The molecule has 1 saturated heterocycles. The zero-order valence-electron chi connectivity index (χ0n) is 15.2. The zero-order valence-corrected chi connectivity index (χ0v) is 16.0. The maximum absolute atomic E-state index is 12.7. The number of nitrogens with zero attached hydrogens (tertiary/aromatic N) is 3. The Bertz CT molecular complexity index is 795. The van der Waals surface area contributed by atoms with Gasteiger partial charge in [-0.3, -0.25) is 4.79 Å². The van der Waals surface area contributed by atoms with Gasteiger partial charge in [0, 0.05) is 42.8 Å². The van der Waals surface area contributed by atoms with Gasteiger partial charge in [-0.15, -0.1) is 11.3 Å². The van der Waals surface area contributed by atoms with Crippen molar-refractivity contribution in [1.29, 1.82) is 0 Å². The first-order valence-electron chi connectivity index (χ1n) is 9.00. The third-order valence-corrected chi connectivity index (χ3v) is 6.32. The first-order chi connectivity index (χ1) is 12.6. The molecule has 2 unspecified atom stereocenters. The van der Waals surface area contributed by atoms with E-state index in [0.717, 1.165) is 42.3 Å². The molecule has 2 fully saturated rings. The first kappa shape index (κ1) is 17.4. The number of nitrogens with one attached hydrogen (secondary N) is 1. The van der Waals surface area contributed by atoms with Crippen LogP contribution in [0.15, 0.2) is 23.6 Å². The van der Waals surface area contributed by atoms with Crippen LogP contribution in [0.25, 0.3) is 0 Å². The summed E-state index contributed by atoms with van der Waals surface area (Å²) in [6, 6.07) is 6.00. The minimum atomic E-state index is -0.0454. The fraction of sp³-hybridized carbons (Fsp3) is 0.526. The average molecular weight is 372 g/mol. The van der Waals surface area contributed by atoms with E-state index >= 15 is 0 Å². The molecule has 0 radical (unpaired) electrons. The zero-order chi connectivity index (χ0) is 18.1. The Morgan fingerprint density at radius 2 is 2.38 bits per heavy atom. The minimum Gasteiger partial charge on any atom is -0.377 e. The third-order valence-electron chi connectivity index (χ3n) is 5.44. The number of likely N-dealkylation sites (tertiary alicyclic amines) is 1. The molecule has 2 aliphatic rings. The highest BCUT2D eigenvalue weighted by Crippen LogP contribution is 2.46. The fourth-order valence-corrected chi connectivity index (χ4v) is 4.75. The van der Waals surface area contributed by atoms with Gasteiger partial charge in [-0.05, 0) is 31.2 Å². The van der Waals surface area contributed by atoms with Crippen molar-refractivity contribution in [2.45, 2.75) is 38.3 Å². The quantitative estimate of drug-likeness (QED) is 0.844. The standard InChI is InChI=1S/C19H24N4O2S/c1-13-8-16(21-17(20-13)11-25-2)22-19-6-5-14(19)10-23(12-19)18(24)9-15-4-3-7-26-15/h3-4,7-8,14H,5-6,9-12H2,1-2H3,(H,20,21,22). The number of ether oxygens (including phenoxy) is 1. The molecule has 2 atom stereocenters. The van der Waals surface area contributed by atoms with Crippen LogP contribution < -0.4 is 5.32 Å². The Balaban J connectivity index is 1.46. The Labute approximate surface area is 157 Å². The smallest absolute Gasteiger partial charge is 0.227 e. The van der Waals surface area contributed by atoms with E-state index in [1.807, 2.05) is 35.4 Å². The van der Waals surface area contributed by atoms with Gasteiger partial charge >= 0.3 is 0 Å². The van der Waals surface area contributed by atoms with Gasteiger partial charge in [0.15, 0.2) is 5.82 Å². The minimum absolute atomic E-state index is 0.0454. The summed E-state index contributed by atoms with van der Waals surface area (Å²) in [5, 5.41) is 5.66. The van der Waals surface area contributed by atoms with Crippen LogP contribution in [0.3, 0.4) is 0 Å². The highest BCUT2D eigenvalue weighted by Gasteiger charge is 2.54. The Hall–Kier alpha value is -1.99. The lowest BCUT2D eigenvalue weighted by Gasteiger charge is -2.44. The molecule has 0 aromatic carbocycles. The molecule has 1 saturated carbocycles. The lowest BCUT2D eigenvalue weighted by atomic mass is 9.69. The summed E-state index contributed by atoms with van der Waals surface area (Å²) in [6.07, 6.45) is 2.74. The second kappa shape index (κ2) is 6.96. The average Bonchev–Trinajstić information content (AvgIpc) is 3.16. The number of methoxy groups -OCH3 is 1. The summed E-state index contributed by atoms with van der Waals surface area (Å²) in [5.74, 6) is 2.24. The number of hydrogen-bond acceptors (Lipinski definition) is 6. The predicted molar refractivity (Wildman–Crippen MR) is 101 cm³/mol. The van der Waals surface area contributed by atoms with Gasteiger partial charge in [-0.2, -0.15) is 0 Å². The van der Waals surface area contributed by atoms with Gasteiger partial charge in [0.1, 0.15) is 12.4 Å². The number of aryl methyl sites for hydroxylation is 1. The topological polar surface area (TPSA) is 67.3 Å². The van der Waals surface area contributed by atoms with Crippen LogP contribution in [0.1, 0.15) is 29.2 Å². The van der Waals surface area contributed by atoms with E-state index in [1.54, 1.807) is 18.4 Å². The number of thiophene rings is 1. The number of hydrogen-bond donors (Lipinski definition) is 1. The maximum Gasteiger partial charge on any atom is 0.227 e. The summed E-state index contributed by atoms with van der Waals surface area (Å²) in [4.78, 5) is 24.8. The number of fused-ring (bicyclic) bond motifs is 1. The molecule has 26 heavy (non-hydrogen) atoms. The van der Waals surface area contributed by atoms with Crippen molar-refractivity contribution in [1.82, 2.24) is 14.9 Å². The van der Waals surface area contributed by atoms with Gasteiger partial charge in [0.25, 0.3) is 0 Å². The van der Waals surface area contributed by atoms with Gasteiger partial charge in [0.2, 0.25) is 5.91 Å². The molecule has 1 aliphatic carbocycles. The number of amides is 1. The number of rotatable bonds is 6. The van der Waals surface area contributed by atoms with Crippen LogP contribution >= 0.6 is 11.3 Å². The van der Waals surface area contributed by atoms with E-state index < -0.39 is 0 Å². The van der Waals surface area contributed by atoms with Crippen LogP contribution in [0.2, 0.25) is 0 Å². The highest BCUT2D eigenvalue weighted by molar-refractivity contribution is 7.10. The second-order valence-electron chi connectivity index (χ2n) is 7.29. The third kappa shape index (κ3) is 3.33. The Kier molecular flexibility index (Phi) is 4.67. The van der Waals surface area contributed by atoms with Gasteiger partial charge in [-0.25, -0.2) is 9.97 Å². The molecule has 7 heteroatoms. The van der Waals surface area contributed by atoms with Crippen molar-refractivity contribution in [3.05, 3.63) is 40.0 Å². The Morgan fingerprint density at radius 3 is 3.08 bits per heavy atom. The van der Waals surface area contributed by atoms with Crippen molar-refractivity contribution in [2.24, 2.45) is 5.92 Å². The number of anilines is 1. The van der Waals surface area contributed by atoms with E-state index in [4.69, 9.17) is 4.74 Å². The monoisotopic (exact) mass is 372 g/mol. The molecule has 0 spiro atoms. The van der Waals surface area contributed by atoms with Crippen molar-refractivity contribution < 1.29 is 9.53 Å². The molecule has 6 nitrogen and oxygen atoms in total. The lowest BCUT2D eigenvalue weighted by Crippen LogP contribution is -2.53. The number of aromatic nitrogens is 2. The molecule has 4 rings (SSSR count). The van der Waals surface area contributed by atoms with Gasteiger partial charge < -0.3 is 15.0 Å².